The smallest absolute Gasteiger partial charge is 0.255 e. The normalized spacial score (nSPS) is 29.4. The minimum Gasteiger partial charge on any atom is -0.368 e. The molecule has 0 spiro atoms. The molecule has 2 aliphatic rings. The van der Waals surface area contributed by atoms with Crippen LogP contribution in [-0.2, 0) is 9.53 Å². The maximum Gasteiger partial charge on any atom is 0.255 e. The van der Waals surface area contributed by atoms with Gasteiger partial charge >= 0.3 is 0 Å². The fourth-order valence-corrected chi connectivity index (χ4v) is 2.83. The lowest BCUT2D eigenvalue weighted by atomic mass is 9.90. The Labute approximate surface area is 97.3 Å². The van der Waals surface area contributed by atoms with Crippen LogP contribution in [-0.4, -0.2) is 49.2 Å². The topological polar surface area (TPSA) is 41.6 Å². The fraction of sp³-hybridized carbons (Fsp3) is 0.917. The van der Waals surface area contributed by atoms with Crippen LogP contribution in [0.3, 0.4) is 0 Å². The van der Waals surface area contributed by atoms with E-state index < -0.39 is 5.60 Å². The third-order valence-corrected chi connectivity index (χ3v) is 4.01. The summed E-state index contributed by atoms with van der Waals surface area (Å²) in [4.78, 5) is 14.5. The van der Waals surface area contributed by atoms with E-state index in [1.807, 2.05) is 4.90 Å². The number of ether oxygens (including phenoxy) is 1. The Hall–Kier alpha value is -0.610. The molecule has 0 aliphatic carbocycles. The molecule has 0 aromatic carbocycles. The van der Waals surface area contributed by atoms with Crippen LogP contribution in [0.4, 0.5) is 0 Å². The molecule has 2 rings (SSSR count). The molecule has 4 heteroatoms. The van der Waals surface area contributed by atoms with Crippen LogP contribution in [0, 0.1) is 0 Å². The van der Waals surface area contributed by atoms with Gasteiger partial charge in [0.05, 0.1) is 0 Å². The van der Waals surface area contributed by atoms with Gasteiger partial charge < -0.3 is 15.0 Å². The molecule has 2 aliphatic heterocycles. The van der Waals surface area contributed by atoms with Crippen molar-refractivity contribution in [2.75, 3.05) is 26.7 Å². The van der Waals surface area contributed by atoms with Crippen molar-refractivity contribution in [1.29, 1.82) is 0 Å². The van der Waals surface area contributed by atoms with Crippen LogP contribution >= 0.6 is 0 Å². The Balaban J connectivity index is 2.10. The third-order valence-electron chi connectivity index (χ3n) is 4.01. The van der Waals surface area contributed by atoms with Gasteiger partial charge in [-0.05, 0) is 45.7 Å². The number of hydrogen-bond acceptors (Lipinski definition) is 3. The summed E-state index contributed by atoms with van der Waals surface area (Å²) in [6.07, 6.45) is 3.85. The maximum absolute atomic E-state index is 12.5. The Kier molecular flexibility index (Phi) is 3.50. The van der Waals surface area contributed by atoms with E-state index in [4.69, 9.17) is 4.74 Å². The highest BCUT2D eigenvalue weighted by atomic mass is 16.5. The zero-order valence-corrected chi connectivity index (χ0v) is 10.3. The lowest BCUT2D eigenvalue weighted by Crippen LogP contribution is -2.56. The van der Waals surface area contributed by atoms with Crippen molar-refractivity contribution in [3.05, 3.63) is 0 Å². The molecule has 0 aromatic heterocycles. The van der Waals surface area contributed by atoms with E-state index >= 15 is 0 Å². The number of methoxy groups -OCH3 is 1. The number of nitrogens with one attached hydrogen (secondary N) is 1. The zero-order chi connectivity index (χ0) is 11.6. The van der Waals surface area contributed by atoms with E-state index in [9.17, 15) is 4.79 Å². The van der Waals surface area contributed by atoms with Crippen molar-refractivity contribution >= 4 is 5.91 Å². The Morgan fingerprint density at radius 1 is 1.44 bits per heavy atom. The van der Waals surface area contributed by atoms with Crippen molar-refractivity contribution in [2.24, 2.45) is 0 Å². The van der Waals surface area contributed by atoms with Gasteiger partial charge in [0.15, 0.2) is 0 Å². The molecule has 1 amide bonds. The molecule has 1 unspecified atom stereocenters. The van der Waals surface area contributed by atoms with E-state index in [-0.39, 0.29) is 5.91 Å². The monoisotopic (exact) mass is 226 g/mol. The highest BCUT2D eigenvalue weighted by molar-refractivity contribution is 5.86. The predicted octanol–water partition coefficient (Wildman–Crippen LogP) is 0.766. The molecule has 16 heavy (non-hydrogen) atoms. The molecule has 0 radical (unpaired) electrons. The van der Waals surface area contributed by atoms with Gasteiger partial charge in [0.2, 0.25) is 0 Å². The lowest BCUT2D eigenvalue weighted by Gasteiger charge is -2.39. The van der Waals surface area contributed by atoms with Crippen molar-refractivity contribution in [2.45, 2.75) is 44.2 Å². The molecule has 2 fully saturated rings. The summed E-state index contributed by atoms with van der Waals surface area (Å²) in [6, 6.07) is 0.384. The molecule has 0 aromatic rings. The van der Waals surface area contributed by atoms with Gasteiger partial charge in [0, 0.05) is 19.7 Å². The van der Waals surface area contributed by atoms with Crippen molar-refractivity contribution < 1.29 is 9.53 Å². The number of carbonyl (C=O) groups is 1. The highest BCUT2D eigenvalue weighted by Crippen LogP contribution is 2.29. The minimum absolute atomic E-state index is 0.210. The van der Waals surface area contributed by atoms with Crippen LogP contribution < -0.4 is 5.32 Å². The molecule has 2 heterocycles. The first kappa shape index (κ1) is 11.9. The SMILES string of the molecule is COC1(C(=O)N2CCCC2C)CCNCC1. The van der Waals surface area contributed by atoms with Crippen molar-refractivity contribution in [3.63, 3.8) is 0 Å². The van der Waals surface area contributed by atoms with Crippen molar-refractivity contribution in [1.82, 2.24) is 10.2 Å². The van der Waals surface area contributed by atoms with Crippen LogP contribution in [0.2, 0.25) is 0 Å². The van der Waals surface area contributed by atoms with Gasteiger partial charge in [-0.25, -0.2) is 0 Å². The number of nitrogens with zero attached hydrogens (tertiary/aromatic N) is 1. The molecule has 0 bridgehead atoms. The quantitative estimate of drug-likeness (QED) is 0.756. The molecule has 1 N–H and O–H groups in total. The van der Waals surface area contributed by atoms with E-state index in [2.05, 4.69) is 12.2 Å². The second-order valence-electron chi connectivity index (χ2n) is 4.94. The summed E-state index contributed by atoms with van der Waals surface area (Å²) < 4.78 is 5.57. The number of rotatable bonds is 2. The highest BCUT2D eigenvalue weighted by Gasteiger charge is 2.44. The first-order valence-corrected chi connectivity index (χ1v) is 6.26. The number of piperidine rings is 1. The second-order valence-corrected chi connectivity index (χ2v) is 4.94. The van der Waals surface area contributed by atoms with Gasteiger partial charge in [-0.15, -0.1) is 0 Å². The lowest BCUT2D eigenvalue weighted by molar-refractivity contribution is -0.158. The maximum atomic E-state index is 12.5. The average Bonchev–Trinajstić information content (AvgIpc) is 2.75. The summed E-state index contributed by atoms with van der Waals surface area (Å²) in [5.74, 6) is 0.210. The van der Waals surface area contributed by atoms with Crippen LogP contribution in [0.25, 0.3) is 0 Å². The van der Waals surface area contributed by atoms with Gasteiger partial charge in [0.25, 0.3) is 5.91 Å². The van der Waals surface area contributed by atoms with Gasteiger partial charge in [-0.1, -0.05) is 0 Å². The van der Waals surface area contributed by atoms with Gasteiger partial charge in [-0.3, -0.25) is 4.79 Å². The number of amides is 1. The van der Waals surface area contributed by atoms with Crippen molar-refractivity contribution in [3.8, 4) is 0 Å². The minimum atomic E-state index is -0.552. The van der Waals surface area contributed by atoms with Crippen LogP contribution in [0.15, 0.2) is 0 Å². The molecular weight excluding hydrogens is 204 g/mol. The number of carbonyl (C=O) groups excluding carboxylic acids is 1. The Morgan fingerprint density at radius 3 is 2.62 bits per heavy atom. The first-order chi connectivity index (χ1) is 7.69. The summed E-state index contributed by atoms with van der Waals surface area (Å²) in [5, 5.41) is 3.28. The van der Waals surface area contributed by atoms with E-state index in [1.54, 1.807) is 7.11 Å². The summed E-state index contributed by atoms with van der Waals surface area (Å²) in [7, 11) is 1.67. The number of likely N-dealkylation sites (tertiary alicyclic amines) is 1. The second kappa shape index (κ2) is 4.72. The van der Waals surface area contributed by atoms with Crippen LogP contribution in [0.1, 0.15) is 32.6 Å². The van der Waals surface area contributed by atoms with E-state index in [1.165, 1.54) is 0 Å². The van der Waals surface area contributed by atoms with E-state index in [0.29, 0.717) is 6.04 Å². The fourth-order valence-electron chi connectivity index (χ4n) is 2.83. The third kappa shape index (κ3) is 1.96. The molecule has 2 saturated heterocycles. The average molecular weight is 226 g/mol. The van der Waals surface area contributed by atoms with E-state index in [0.717, 1.165) is 45.3 Å². The molecule has 4 nitrogen and oxygen atoms in total. The molecular formula is C12H22N2O2. The van der Waals surface area contributed by atoms with Gasteiger partial charge in [-0.2, -0.15) is 0 Å². The summed E-state index contributed by atoms with van der Waals surface area (Å²) in [6.45, 7) is 4.79. The standard InChI is InChI=1S/C12H22N2O2/c1-10-4-3-9-14(10)11(15)12(16-2)5-7-13-8-6-12/h10,13H,3-9H2,1-2H3. The molecule has 1 atom stereocenters. The largest absolute Gasteiger partial charge is 0.368 e. The van der Waals surface area contributed by atoms with Gasteiger partial charge in [0.1, 0.15) is 5.60 Å². The predicted molar refractivity (Wildman–Crippen MR) is 62.3 cm³/mol. The number of hydrogen-bond donors (Lipinski definition) is 1. The Morgan fingerprint density at radius 2 is 2.12 bits per heavy atom. The first-order valence-electron chi connectivity index (χ1n) is 6.26. The van der Waals surface area contributed by atoms with Crippen LogP contribution in [0.5, 0.6) is 0 Å². The zero-order valence-electron chi connectivity index (χ0n) is 10.3. The summed E-state index contributed by atoms with van der Waals surface area (Å²) in [5.41, 5.74) is -0.552. The molecule has 0 saturated carbocycles. The Bertz CT molecular complexity index is 262. The molecule has 92 valence electrons. The summed E-state index contributed by atoms with van der Waals surface area (Å²) >= 11 is 0.